The molecule has 1 N–H and O–H groups in total. The Morgan fingerprint density at radius 1 is 1.47 bits per heavy atom. The molecule has 2 rings (SSSR count). The number of ether oxygens (including phenoxy) is 2. The summed E-state index contributed by atoms with van der Waals surface area (Å²) in [5.74, 6) is 0.921. The van der Waals surface area contributed by atoms with Gasteiger partial charge in [0.05, 0.1) is 17.2 Å². The summed E-state index contributed by atoms with van der Waals surface area (Å²) in [5.41, 5.74) is 1.26. The van der Waals surface area contributed by atoms with Crippen molar-refractivity contribution in [3.63, 3.8) is 0 Å². The number of halogens is 1. The molecule has 1 aliphatic heterocycles. The van der Waals surface area contributed by atoms with Crippen LogP contribution >= 0.6 is 15.9 Å². The van der Waals surface area contributed by atoms with Gasteiger partial charge in [0.25, 0.3) is 0 Å². The first kappa shape index (κ1) is 14.8. The van der Waals surface area contributed by atoms with Gasteiger partial charge in [-0.15, -0.1) is 0 Å². The van der Waals surface area contributed by atoms with Gasteiger partial charge in [0, 0.05) is 19.7 Å². The highest BCUT2D eigenvalue weighted by Crippen LogP contribution is 2.26. The number of rotatable bonds is 7. The van der Waals surface area contributed by atoms with E-state index in [2.05, 4.69) is 40.3 Å². The highest BCUT2D eigenvalue weighted by Gasteiger charge is 2.14. The largest absolute Gasteiger partial charge is 0.492 e. The average Bonchev–Trinajstić information content (AvgIpc) is 2.91. The van der Waals surface area contributed by atoms with Crippen LogP contribution in [-0.4, -0.2) is 25.9 Å². The molecule has 0 amide bonds. The van der Waals surface area contributed by atoms with Crippen LogP contribution in [0.4, 0.5) is 0 Å². The van der Waals surface area contributed by atoms with E-state index in [1.807, 2.05) is 6.07 Å². The first-order valence-corrected chi connectivity index (χ1v) is 7.82. The highest BCUT2D eigenvalue weighted by atomic mass is 79.9. The molecule has 1 atom stereocenters. The van der Waals surface area contributed by atoms with E-state index in [-0.39, 0.29) is 0 Å². The topological polar surface area (TPSA) is 30.5 Å². The van der Waals surface area contributed by atoms with Crippen molar-refractivity contribution >= 4 is 15.9 Å². The zero-order valence-electron chi connectivity index (χ0n) is 11.5. The highest BCUT2D eigenvalue weighted by molar-refractivity contribution is 9.10. The fraction of sp³-hybridized carbons (Fsp3) is 0.600. The van der Waals surface area contributed by atoms with Crippen LogP contribution in [0, 0.1) is 0 Å². The van der Waals surface area contributed by atoms with Gasteiger partial charge in [-0.2, -0.15) is 0 Å². The second kappa shape index (κ2) is 7.88. The molecule has 1 aliphatic rings. The van der Waals surface area contributed by atoms with E-state index in [9.17, 15) is 0 Å². The number of hydrogen-bond acceptors (Lipinski definition) is 3. The van der Waals surface area contributed by atoms with Crippen LogP contribution in [0.25, 0.3) is 0 Å². The molecule has 0 aliphatic carbocycles. The maximum Gasteiger partial charge on any atom is 0.133 e. The number of nitrogens with one attached hydrogen (secondary N) is 1. The molecule has 4 heteroatoms. The lowest BCUT2D eigenvalue weighted by Crippen LogP contribution is -2.25. The van der Waals surface area contributed by atoms with Crippen LogP contribution < -0.4 is 10.1 Å². The van der Waals surface area contributed by atoms with Gasteiger partial charge in [-0.05, 0) is 52.9 Å². The summed E-state index contributed by atoms with van der Waals surface area (Å²) in [5, 5.41) is 3.45. The molecular formula is C15H22BrNO2. The standard InChI is InChI=1S/C15H22BrNO2/c1-2-7-19-15-6-5-12(9-14(15)16)10-17-11-13-4-3-8-18-13/h5-6,9,13,17H,2-4,7-8,10-11H2,1H3/t13-/m0/s1. The Balaban J connectivity index is 1.78. The predicted molar refractivity (Wildman–Crippen MR) is 80.6 cm³/mol. The molecule has 0 bridgehead atoms. The Morgan fingerprint density at radius 2 is 2.37 bits per heavy atom. The smallest absolute Gasteiger partial charge is 0.133 e. The van der Waals surface area contributed by atoms with E-state index in [0.29, 0.717) is 6.10 Å². The van der Waals surface area contributed by atoms with E-state index in [4.69, 9.17) is 9.47 Å². The van der Waals surface area contributed by atoms with Crippen molar-refractivity contribution in [3.8, 4) is 5.75 Å². The SMILES string of the molecule is CCCOc1ccc(CNC[C@@H]2CCCO2)cc1Br. The summed E-state index contributed by atoms with van der Waals surface area (Å²) in [6.45, 7) is 5.59. The van der Waals surface area contributed by atoms with Crippen molar-refractivity contribution in [2.75, 3.05) is 19.8 Å². The van der Waals surface area contributed by atoms with E-state index in [0.717, 1.165) is 42.9 Å². The maximum atomic E-state index is 5.64. The Bertz CT molecular complexity index is 392. The minimum atomic E-state index is 0.399. The second-order valence-corrected chi connectivity index (χ2v) is 5.73. The van der Waals surface area contributed by atoms with Crippen molar-refractivity contribution in [3.05, 3.63) is 28.2 Å². The van der Waals surface area contributed by atoms with Gasteiger partial charge in [0.15, 0.2) is 0 Å². The second-order valence-electron chi connectivity index (χ2n) is 4.88. The molecular weight excluding hydrogens is 306 g/mol. The third kappa shape index (κ3) is 4.79. The first-order valence-electron chi connectivity index (χ1n) is 7.03. The minimum Gasteiger partial charge on any atom is -0.492 e. The molecule has 0 radical (unpaired) electrons. The van der Waals surface area contributed by atoms with Crippen LogP contribution in [0.5, 0.6) is 5.75 Å². The molecule has 1 fully saturated rings. The third-order valence-electron chi connectivity index (χ3n) is 3.18. The first-order chi connectivity index (χ1) is 9.29. The lowest BCUT2D eigenvalue weighted by Gasteiger charge is -2.12. The zero-order chi connectivity index (χ0) is 13.5. The monoisotopic (exact) mass is 327 g/mol. The van der Waals surface area contributed by atoms with Crippen LogP contribution in [0.2, 0.25) is 0 Å². The predicted octanol–water partition coefficient (Wildman–Crippen LogP) is 3.51. The summed E-state index contributed by atoms with van der Waals surface area (Å²) in [6.07, 6.45) is 3.80. The molecule has 19 heavy (non-hydrogen) atoms. The van der Waals surface area contributed by atoms with Gasteiger partial charge in [-0.25, -0.2) is 0 Å². The van der Waals surface area contributed by atoms with Gasteiger partial charge in [0.1, 0.15) is 5.75 Å². The molecule has 0 spiro atoms. The normalized spacial score (nSPS) is 18.7. The van der Waals surface area contributed by atoms with Crippen molar-refractivity contribution in [2.24, 2.45) is 0 Å². The van der Waals surface area contributed by atoms with Crippen LogP contribution in [0.3, 0.4) is 0 Å². The molecule has 3 nitrogen and oxygen atoms in total. The van der Waals surface area contributed by atoms with E-state index < -0.39 is 0 Å². The van der Waals surface area contributed by atoms with Crippen molar-refractivity contribution in [2.45, 2.75) is 38.8 Å². The van der Waals surface area contributed by atoms with E-state index >= 15 is 0 Å². The lowest BCUT2D eigenvalue weighted by molar-refractivity contribution is 0.110. The zero-order valence-corrected chi connectivity index (χ0v) is 13.0. The fourth-order valence-electron chi connectivity index (χ4n) is 2.17. The maximum absolute atomic E-state index is 5.64. The van der Waals surface area contributed by atoms with Gasteiger partial charge in [-0.1, -0.05) is 13.0 Å². The summed E-state index contributed by atoms with van der Waals surface area (Å²) in [4.78, 5) is 0. The van der Waals surface area contributed by atoms with E-state index in [1.165, 1.54) is 18.4 Å². The average molecular weight is 328 g/mol. The van der Waals surface area contributed by atoms with E-state index in [1.54, 1.807) is 0 Å². The Morgan fingerprint density at radius 3 is 3.05 bits per heavy atom. The fourth-order valence-corrected chi connectivity index (χ4v) is 2.71. The molecule has 1 saturated heterocycles. The Kier molecular flexibility index (Phi) is 6.14. The lowest BCUT2D eigenvalue weighted by atomic mass is 10.2. The summed E-state index contributed by atoms with van der Waals surface area (Å²) >= 11 is 3.56. The van der Waals surface area contributed by atoms with Gasteiger partial charge >= 0.3 is 0 Å². The molecule has 0 aromatic heterocycles. The Labute approximate surface area is 123 Å². The molecule has 1 aromatic carbocycles. The summed E-state index contributed by atoms with van der Waals surface area (Å²) < 4.78 is 12.3. The molecule has 1 heterocycles. The minimum absolute atomic E-state index is 0.399. The van der Waals surface area contributed by atoms with Crippen molar-refractivity contribution < 1.29 is 9.47 Å². The van der Waals surface area contributed by atoms with Crippen molar-refractivity contribution in [1.29, 1.82) is 0 Å². The molecule has 0 unspecified atom stereocenters. The summed E-state index contributed by atoms with van der Waals surface area (Å²) in [7, 11) is 0. The Hall–Kier alpha value is -0.580. The molecule has 106 valence electrons. The quantitative estimate of drug-likeness (QED) is 0.831. The van der Waals surface area contributed by atoms with Crippen molar-refractivity contribution in [1.82, 2.24) is 5.32 Å². The van der Waals surface area contributed by atoms with Gasteiger partial charge in [0.2, 0.25) is 0 Å². The molecule has 0 saturated carbocycles. The summed E-state index contributed by atoms with van der Waals surface area (Å²) in [6, 6.07) is 6.26. The molecule has 1 aromatic rings. The number of hydrogen-bond donors (Lipinski definition) is 1. The van der Waals surface area contributed by atoms with Crippen LogP contribution in [0.1, 0.15) is 31.7 Å². The number of benzene rings is 1. The van der Waals surface area contributed by atoms with Crippen LogP contribution in [-0.2, 0) is 11.3 Å². The van der Waals surface area contributed by atoms with Crippen LogP contribution in [0.15, 0.2) is 22.7 Å². The van der Waals surface area contributed by atoms with Gasteiger partial charge in [-0.3, -0.25) is 0 Å². The van der Waals surface area contributed by atoms with Gasteiger partial charge < -0.3 is 14.8 Å². The third-order valence-corrected chi connectivity index (χ3v) is 3.80.